The molecule has 0 unspecified atom stereocenters. The van der Waals surface area contributed by atoms with Gasteiger partial charge in [-0.05, 0) is 25.3 Å². The van der Waals surface area contributed by atoms with Gasteiger partial charge < -0.3 is 9.84 Å². The molecule has 1 heterocycles. The van der Waals surface area contributed by atoms with E-state index in [9.17, 15) is 4.79 Å². The van der Waals surface area contributed by atoms with Gasteiger partial charge in [0.1, 0.15) is 0 Å². The molecule has 1 fully saturated rings. The molecule has 15 heavy (non-hydrogen) atoms. The number of carboxylic acid groups (broad SMARTS) is 1. The molecule has 4 nitrogen and oxygen atoms in total. The Balaban J connectivity index is 2.02. The molecule has 1 aromatic rings. The molecule has 1 N–H and O–H groups in total. The maximum Gasteiger partial charge on any atom is 0.354 e. The van der Waals surface area contributed by atoms with Crippen LogP contribution in [-0.2, 0) is 11.3 Å². The highest BCUT2D eigenvalue weighted by Crippen LogP contribution is 2.23. The fraction of sp³-hybridized carbons (Fsp3) is 0.455. The number of carbonyl (C=O) groups is 1. The molecule has 0 amide bonds. The summed E-state index contributed by atoms with van der Waals surface area (Å²) < 4.78 is 5.55. The van der Waals surface area contributed by atoms with E-state index in [1.54, 1.807) is 12.1 Å². The van der Waals surface area contributed by atoms with Gasteiger partial charge in [0.2, 0.25) is 0 Å². The monoisotopic (exact) mass is 207 g/mol. The molecule has 0 aromatic carbocycles. The minimum absolute atomic E-state index is 0.0943. The van der Waals surface area contributed by atoms with Crippen LogP contribution in [0.3, 0.4) is 0 Å². The number of aromatic carboxylic acids is 1. The third kappa shape index (κ3) is 2.33. The van der Waals surface area contributed by atoms with E-state index >= 15 is 0 Å². The highest BCUT2D eigenvalue weighted by Gasteiger charge is 2.19. The summed E-state index contributed by atoms with van der Waals surface area (Å²) in [4.78, 5) is 14.7. The van der Waals surface area contributed by atoms with Crippen LogP contribution in [0.4, 0.5) is 0 Å². The predicted molar refractivity (Wildman–Crippen MR) is 53.6 cm³/mol. The Morgan fingerprint density at radius 1 is 1.60 bits per heavy atom. The zero-order valence-corrected chi connectivity index (χ0v) is 8.35. The molecule has 0 atom stereocenters. The maximum absolute atomic E-state index is 10.8. The molecule has 1 saturated carbocycles. The standard InChI is InChI=1S/C11H13NO3/c13-11(14)10-8(3-2-6-12-10)7-15-9-4-1-5-9/h2-3,6,9H,1,4-5,7H2,(H,13,14). The van der Waals surface area contributed by atoms with Crippen molar-refractivity contribution in [1.82, 2.24) is 4.98 Å². The Morgan fingerprint density at radius 3 is 3.00 bits per heavy atom. The molecule has 1 aliphatic carbocycles. The zero-order valence-electron chi connectivity index (χ0n) is 8.35. The van der Waals surface area contributed by atoms with Crippen LogP contribution >= 0.6 is 0 Å². The summed E-state index contributed by atoms with van der Waals surface area (Å²) in [5, 5.41) is 8.88. The lowest BCUT2D eigenvalue weighted by atomic mass is 9.96. The Morgan fingerprint density at radius 2 is 2.40 bits per heavy atom. The quantitative estimate of drug-likeness (QED) is 0.818. The summed E-state index contributed by atoms with van der Waals surface area (Å²) in [5.41, 5.74) is 0.744. The van der Waals surface area contributed by atoms with Gasteiger partial charge in [-0.2, -0.15) is 0 Å². The van der Waals surface area contributed by atoms with Crippen molar-refractivity contribution < 1.29 is 14.6 Å². The summed E-state index contributed by atoms with van der Waals surface area (Å²) in [6.07, 6.45) is 5.18. The van der Waals surface area contributed by atoms with Crippen LogP contribution < -0.4 is 0 Å². The summed E-state index contributed by atoms with van der Waals surface area (Å²) in [6.45, 7) is 0.347. The lowest BCUT2D eigenvalue weighted by Crippen LogP contribution is -2.21. The van der Waals surface area contributed by atoms with Gasteiger partial charge in [0, 0.05) is 11.8 Å². The van der Waals surface area contributed by atoms with E-state index in [2.05, 4.69) is 4.98 Å². The summed E-state index contributed by atoms with van der Waals surface area (Å²) in [5.74, 6) is -0.997. The van der Waals surface area contributed by atoms with Gasteiger partial charge in [-0.3, -0.25) is 0 Å². The van der Waals surface area contributed by atoms with Gasteiger partial charge in [0.05, 0.1) is 12.7 Å². The zero-order chi connectivity index (χ0) is 10.7. The number of pyridine rings is 1. The first-order valence-corrected chi connectivity index (χ1v) is 5.06. The fourth-order valence-electron chi connectivity index (χ4n) is 1.49. The maximum atomic E-state index is 10.8. The van der Waals surface area contributed by atoms with Crippen molar-refractivity contribution in [3.63, 3.8) is 0 Å². The summed E-state index contributed by atoms with van der Waals surface area (Å²) in [7, 11) is 0. The number of carboxylic acids is 1. The van der Waals surface area contributed by atoms with Gasteiger partial charge in [0.25, 0.3) is 0 Å². The number of aromatic nitrogens is 1. The van der Waals surface area contributed by atoms with E-state index in [0.29, 0.717) is 18.3 Å². The van der Waals surface area contributed by atoms with E-state index < -0.39 is 5.97 Å². The van der Waals surface area contributed by atoms with Crippen LogP contribution in [-0.4, -0.2) is 22.2 Å². The minimum atomic E-state index is -0.997. The molecule has 2 rings (SSSR count). The van der Waals surface area contributed by atoms with E-state index in [4.69, 9.17) is 9.84 Å². The second kappa shape index (κ2) is 4.40. The normalized spacial score (nSPS) is 16.0. The summed E-state index contributed by atoms with van der Waals surface area (Å²) in [6, 6.07) is 3.47. The predicted octanol–water partition coefficient (Wildman–Crippen LogP) is 1.85. The van der Waals surface area contributed by atoms with Gasteiger partial charge in [-0.1, -0.05) is 6.07 Å². The highest BCUT2D eigenvalue weighted by atomic mass is 16.5. The topological polar surface area (TPSA) is 59.4 Å². The molecule has 0 radical (unpaired) electrons. The second-order valence-corrected chi connectivity index (χ2v) is 3.68. The molecule has 0 bridgehead atoms. The molecule has 4 heteroatoms. The van der Waals surface area contributed by atoms with Gasteiger partial charge >= 0.3 is 5.97 Å². The number of nitrogens with zero attached hydrogens (tertiary/aromatic N) is 1. The van der Waals surface area contributed by atoms with Crippen LogP contribution in [0.15, 0.2) is 18.3 Å². The van der Waals surface area contributed by atoms with Crippen molar-refractivity contribution in [3.8, 4) is 0 Å². The second-order valence-electron chi connectivity index (χ2n) is 3.68. The van der Waals surface area contributed by atoms with E-state index in [-0.39, 0.29) is 5.69 Å². The molecular weight excluding hydrogens is 194 g/mol. The molecular formula is C11H13NO3. The average molecular weight is 207 g/mol. The van der Waals surface area contributed by atoms with Gasteiger partial charge in [0.15, 0.2) is 5.69 Å². The lowest BCUT2D eigenvalue weighted by Gasteiger charge is -2.25. The first-order valence-electron chi connectivity index (χ1n) is 5.06. The Kier molecular flexibility index (Phi) is 2.97. The average Bonchev–Trinajstić information content (AvgIpc) is 2.16. The van der Waals surface area contributed by atoms with Crippen molar-refractivity contribution in [3.05, 3.63) is 29.6 Å². The number of hydrogen-bond donors (Lipinski definition) is 1. The fourth-order valence-corrected chi connectivity index (χ4v) is 1.49. The van der Waals surface area contributed by atoms with E-state index in [0.717, 1.165) is 12.8 Å². The Labute approximate surface area is 87.9 Å². The van der Waals surface area contributed by atoms with Gasteiger partial charge in [-0.15, -0.1) is 0 Å². The van der Waals surface area contributed by atoms with Crippen molar-refractivity contribution in [2.24, 2.45) is 0 Å². The van der Waals surface area contributed by atoms with Crippen molar-refractivity contribution >= 4 is 5.97 Å². The van der Waals surface area contributed by atoms with Crippen LogP contribution in [0.25, 0.3) is 0 Å². The molecule has 0 spiro atoms. The molecule has 1 aliphatic rings. The Hall–Kier alpha value is -1.42. The third-order valence-corrected chi connectivity index (χ3v) is 2.62. The van der Waals surface area contributed by atoms with Gasteiger partial charge in [-0.25, -0.2) is 9.78 Å². The van der Waals surface area contributed by atoms with Crippen molar-refractivity contribution in [2.45, 2.75) is 32.0 Å². The SMILES string of the molecule is O=C(O)c1ncccc1COC1CCC1. The summed E-state index contributed by atoms with van der Waals surface area (Å²) >= 11 is 0. The third-order valence-electron chi connectivity index (χ3n) is 2.62. The van der Waals surface area contributed by atoms with Crippen LogP contribution in [0.5, 0.6) is 0 Å². The molecule has 0 aliphatic heterocycles. The van der Waals surface area contributed by atoms with Crippen molar-refractivity contribution in [2.75, 3.05) is 0 Å². The van der Waals surface area contributed by atoms with E-state index in [1.807, 2.05) is 0 Å². The van der Waals surface area contributed by atoms with Crippen molar-refractivity contribution in [1.29, 1.82) is 0 Å². The molecule has 0 saturated heterocycles. The first-order chi connectivity index (χ1) is 7.27. The molecule has 80 valence electrons. The number of hydrogen-bond acceptors (Lipinski definition) is 3. The highest BCUT2D eigenvalue weighted by molar-refractivity contribution is 5.86. The smallest absolute Gasteiger partial charge is 0.354 e. The Bertz CT molecular complexity index is 361. The molecule has 1 aromatic heterocycles. The van der Waals surface area contributed by atoms with E-state index in [1.165, 1.54) is 12.6 Å². The minimum Gasteiger partial charge on any atom is -0.477 e. The van der Waals surface area contributed by atoms with Crippen LogP contribution in [0.2, 0.25) is 0 Å². The number of rotatable bonds is 4. The number of ether oxygens (including phenoxy) is 1. The lowest BCUT2D eigenvalue weighted by molar-refractivity contribution is -0.00924. The van der Waals surface area contributed by atoms with Crippen LogP contribution in [0, 0.1) is 0 Å². The first kappa shape index (κ1) is 10.1. The largest absolute Gasteiger partial charge is 0.477 e. The van der Waals surface area contributed by atoms with Crippen LogP contribution in [0.1, 0.15) is 35.3 Å².